The molecule has 3 rings (SSSR count). The van der Waals surface area contributed by atoms with Crippen LogP contribution in [0.2, 0.25) is 0 Å². The van der Waals surface area contributed by atoms with Gasteiger partial charge in [0.1, 0.15) is 0 Å². The van der Waals surface area contributed by atoms with E-state index in [-0.39, 0.29) is 11.9 Å². The fourth-order valence-corrected chi connectivity index (χ4v) is 3.58. The number of benzene rings is 2. The zero-order valence-electron chi connectivity index (χ0n) is 16.2. The second-order valence-corrected chi connectivity index (χ2v) is 7.04. The summed E-state index contributed by atoms with van der Waals surface area (Å²) >= 11 is 0. The minimum atomic E-state index is 0.127. The maximum atomic E-state index is 12.3. The summed E-state index contributed by atoms with van der Waals surface area (Å²) in [5, 5.41) is 0. The van der Waals surface area contributed by atoms with E-state index in [2.05, 4.69) is 41.0 Å². The molecule has 1 aliphatic heterocycles. The summed E-state index contributed by atoms with van der Waals surface area (Å²) in [5.41, 5.74) is 2.06. The van der Waals surface area contributed by atoms with Crippen molar-refractivity contribution in [3.8, 4) is 0 Å². The number of hydrogen-bond acceptors (Lipinski definition) is 4. The molecule has 0 spiro atoms. The third-order valence-electron chi connectivity index (χ3n) is 5.18. The number of carbonyl (C=O) groups is 1. The SMILES string of the molecule is CCOC(CN1CCN(CCC(=O)c2ccccc2)CC1)c1ccccc1. The monoisotopic (exact) mass is 366 g/mol. The van der Waals surface area contributed by atoms with Crippen molar-refractivity contribution in [1.29, 1.82) is 0 Å². The van der Waals surface area contributed by atoms with E-state index in [1.807, 2.05) is 36.4 Å². The highest BCUT2D eigenvalue weighted by molar-refractivity contribution is 5.96. The van der Waals surface area contributed by atoms with Crippen molar-refractivity contribution in [2.24, 2.45) is 0 Å². The first-order chi connectivity index (χ1) is 13.3. The first kappa shape index (κ1) is 19.7. The van der Waals surface area contributed by atoms with Gasteiger partial charge in [0.15, 0.2) is 5.78 Å². The van der Waals surface area contributed by atoms with Gasteiger partial charge in [0, 0.05) is 57.9 Å². The van der Waals surface area contributed by atoms with E-state index < -0.39 is 0 Å². The Balaban J connectivity index is 1.43. The molecule has 1 unspecified atom stereocenters. The van der Waals surface area contributed by atoms with Gasteiger partial charge in [-0.25, -0.2) is 0 Å². The Morgan fingerprint density at radius 2 is 1.52 bits per heavy atom. The summed E-state index contributed by atoms with van der Waals surface area (Å²) < 4.78 is 5.99. The zero-order valence-corrected chi connectivity index (χ0v) is 16.2. The fraction of sp³-hybridized carbons (Fsp3) is 0.435. The standard InChI is InChI=1S/C23H30N2O2/c1-2-27-23(21-11-7-4-8-12-21)19-25-17-15-24(16-18-25)14-13-22(26)20-9-5-3-6-10-20/h3-12,23H,2,13-19H2,1H3. The zero-order chi connectivity index (χ0) is 18.9. The molecule has 1 saturated heterocycles. The van der Waals surface area contributed by atoms with E-state index in [4.69, 9.17) is 4.74 Å². The predicted octanol–water partition coefficient (Wildman–Crippen LogP) is 3.65. The Hall–Kier alpha value is -2.01. The van der Waals surface area contributed by atoms with Crippen molar-refractivity contribution < 1.29 is 9.53 Å². The van der Waals surface area contributed by atoms with E-state index in [1.54, 1.807) is 0 Å². The molecule has 1 atom stereocenters. The highest BCUT2D eigenvalue weighted by Crippen LogP contribution is 2.19. The molecule has 2 aromatic carbocycles. The van der Waals surface area contributed by atoms with Gasteiger partial charge in [-0.2, -0.15) is 0 Å². The summed E-state index contributed by atoms with van der Waals surface area (Å²) in [4.78, 5) is 17.1. The van der Waals surface area contributed by atoms with Crippen LogP contribution < -0.4 is 0 Å². The molecule has 27 heavy (non-hydrogen) atoms. The van der Waals surface area contributed by atoms with Crippen LogP contribution >= 0.6 is 0 Å². The molecule has 1 heterocycles. The average molecular weight is 367 g/mol. The quantitative estimate of drug-likeness (QED) is 0.634. The third kappa shape index (κ3) is 5.99. The van der Waals surface area contributed by atoms with Crippen LogP contribution in [0, 0.1) is 0 Å². The van der Waals surface area contributed by atoms with Crippen LogP contribution in [-0.2, 0) is 4.74 Å². The van der Waals surface area contributed by atoms with Crippen molar-refractivity contribution in [3.63, 3.8) is 0 Å². The second-order valence-electron chi connectivity index (χ2n) is 7.04. The average Bonchev–Trinajstić information content (AvgIpc) is 2.74. The number of nitrogens with zero attached hydrogens (tertiary/aromatic N) is 2. The first-order valence-electron chi connectivity index (χ1n) is 9.95. The van der Waals surface area contributed by atoms with Crippen LogP contribution in [0.5, 0.6) is 0 Å². The Morgan fingerprint density at radius 1 is 0.926 bits per heavy atom. The number of piperazine rings is 1. The molecule has 0 amide bonds. The third-order valence-corrected chi connectivity index (χ3v) is 5.18. The van der Waals surface area contributed by atoms with Gasteiger partial charge in [0.25, 0.3) is 0 Å². The fourth-order valence-electron chi connectivity index (χ4n) is 3.58. The summed E-state index contributed by atoms with van der Waals surface area (Å²) in [5.74, 6) is 0.235. The molecule has 0 radical (unpaired) electrons. The van der Waals surface area contributed by atoms with Crippen molar-refractivity contribution in [3.05, 3.63) is 71.8 Å². The Morgan fingerprint density at radius 3 is 2.15 bits per heavy atom. The molecule has 1 fully saturated rings. The predicted molar refractivity (Wildman–Crippen MR) is 109 cm³/mol. The van der Waals surface area contributed by atoms with Gasteiger partial charge in [0.2, 0.25) is 0 Å². The van der Waals surface area contributed by atoms with Crippen LogP contribution in [-0.4, -0.2) is 61.5 Å². The van der Waals surface area contributed by atoms with Crippen molar-refractivity contribution >= 4 is 5.78 Å². The number of rotatable bonds is 9. The van der Waals surface area contributed by atoms with Crippen molar-refractivity contribution in [2.45, 2.75) is 19.4 Å². The van der Waals surface area contributed by atoms with Crippen LogP contribution in [0.1, 0.15) is 35.4 Å². The maximum Gasteiger partial charge on any atom is 0.164 e. The number of carbonyl (C=O) groups excluding carboxylic acids is 1. The van der Waals surface area contributed by atoms with E-state index in [0.29, 0.717) is 6.42 Å². The molecule has 4 heteroatoms. The van der Waals surface area contributed by atoms with E-state index in [1.165, 1.54) is 5.56 Å². The summed E-state index contributed by atoms with van der Waals surface area (Å²) in [6.45, 7) is 8.61. The first-order valence-corrected chi connectivity index (χ1v) is 9.95. The van der Waals surface area contributed by atoms with E-state index >= 15 is 0 Å². The van der Waals surface area contributed by atoms with Gasteiger partial charge < -0.3 is 9.64 Å². The van der Waals surface area contributed by atoms with Gasteiger partial charge >= 0.3 is 0 Å². The van der Waals surface area contributed by atoms with E-state index in [0.717, 1.165) is 51.4 Å². The Labute approximate surface area is 162 Å². The summed E-state index contributed by atoms with van der Waals surface area (Å²) in [6, 6.07) is 20.1. The molecule has 0 N–H and O–H groups in total. The smallest absolute Gasteiger partial charge is 0.164 e. The number of Topliss-reactive ketones (excluding diaryl/α,β-unsaturated/α-hetero) is 1. The highest BCUT2D eigenvalue weighted by atomic mass is 16.5. The number of hydrogen-bond donors (Lipinski definition) is 0. The lowest BCUT2D eigenvalue weighted by molar-refractivity contribution is 0.0183. The van der Waals surface area contributed by atoms with Crippen molar-refractivity contribution in [1.82, 2.24) is 9.80 Å². The molecule has 0 saturated carbocycles. The molecule has 0 bridgehead atoms. The van der Waals surface area contributed by atoms with Gasteiger partial charge in [-0.05, 0) is 12.5 Å². The van der Waals surface area contributed by atoms with Crippen LogP contribution in [0.15, 0.2) is 60.7 Å². The molecule has 1 aliphatic rings. The summed E-state index contributed by atoms with van der Waals surface area (Å²) in [7, 11) is 0. The largest absolute Gasteiger partial charge is 0.372 e. The topological polar surface area (TPSA) is 32.8 Å². The van der Waals surface area contributed by atoms with Gasteiger partial charge in [-0.3, -0.25) is 9.69 Å². The lowest BCUT2D eigenvalue weighted by Gasteiger charge is -2.36. The second kappa shape index (κ2) is 10.4. The molecule has 0 aliphatic carbocycles. The van der Waals surface area contributed by atoms with Gasteiger partial charge in [-0.15, -0.1) is 0 Å². The molecule has 4 nitrogen and oxygen atoms in total. The molecule has 144 valence electrons. The minimum Gasteiger partial charge on any atom is -0.372 e. The number of ketones is 1. The minimum absolute atomic E-state index is 0.127. The lowest BCUT2D eigenvalue weighted by atomic mass is 10.1. The molecular weight excluding hydrogens is 336 g/mol. The highest BCUT2D eigenvalue weighted by Gasteiger charge is 2.21. The number of ether oxygens (including phenoxy) is 1. The summed E-state index contributed by atoms with van der Waals surface area (Å²) in [6.07, 6.45) is 0.720. The molecular formula is C23H30N2O2. The van der Waals surface area contributed by atoms with Crippen molar-refractivity contribution in [2.75, 3.05) is 45.9 Å². The van der Waals surface area contributed by atoms with Gasteiger partial charge in [0.05, 0.1) is 6.10 Å². The van der Waals surface area contributed by atoms with Crippen LogP contribution in [0.25, 0.3) is 0 Å². The van der Waals surface area contributed by atoms with Gasteiger partial charge in [-0.1, -0.05) is 60.7 Å². The lowest BCUT2D eigenvalue weighted by Crippen LogP contribution is -2.48. The maximum absolute atomic E-state index is 12.3. The Kier molecular flexibility index (Phi) is 7.57. The Bertz CT molecular complexity index is 682. The van der Waals surface area contributed by atoms with Crippen LogP contribution in [0.3, 0.4) is 0 Å². The molecule has 2 aromatic rings. The van der Waals surface area contributed by atoms with Crippen LogP contribution in [0.4, 0.5) is 0 Å². The molecule has 0 aromatic heterocycles. The van der Waals surface area contributed by atoms with E-state index in [9.17, 15) is 4.79 Å². The normalized spacial score (nSPS) is 16.9.